The Morgan fingerprint density at radius 1 is 0.895 bits per heavy atom. The van der Waals surface area contributed by atoms with E-state index in [1.165, 1.54) is 6.56 Å². The van der Waals surface area contributed by atoms with Gasteiger partial charge in [0.1, 0.15) is 0 Å². The predicted octanol–water partition coefficient (Wildman–Crippen LogP) is 4.98. The van der Waals surface area contributed by atoms with Crippen LogP contribution in [0.4, 0.5) is 0 Å². The molecule has 0 aromatic heterocycles. The van der Waals surface area contributed by atoms with E-state index in [2.05, 4.69) is 36.5 Å². The van der Waals surface area contributed by atoms with Crippen molar-refractivity contribution in [2.75, 3.05) is 0 Å². The van der Waals surface area contributed by atoms with Crippen LogP contribution in [0, 0.1) is 0 Å². The molecule has 0 heterocycles. The molecule has 2 aliphatic carbocycles. The molecule has 0 N–H and O–H groups in total. The zero-order valence-corrected chi connectivity index (χ0v) is 13.8. The molecule has 0 radical (unpaired) electrons. The first-order chi connectivity index (χ1) is 9.29. The molecule has 1 nitrogen and oxygen atoms in total. The van der Waals surface area contributed by atoms with Crippen molar-refractivity contribution in [3.05, 3.63) is 73.3 Å². The summed E-state index contributed by atoms with van der Waals surface area (Å²) >= 11 is -3.42. The molecular weight excluding hydrogens is 335 g/mol. The summed E-state index contributed by atoms with van der Waals surface area (Å²) in [5.41, 5.74) is 0. The van der Waals surface area contributed by atoms with Crippen molar-refractivity contribution < 1.29 is 22.3 Å². The molecule has 2 aliphatic rings. The summed E-state index contributed by atoms with van der Waals surface area (Å²) in [5, 5.41) is 0. The zero-order chi connectivity index (χ0) is 13.1. The molecule has 0 saturated heterocycles. The van der Waals surface area contributed by atoms with Crippen molar-refractivity contribution >= 4 is 8.51 Å². The van der Waals surface area contributed by atoms with Gasteiger partial charge in [-0.1, -0.05) is 0 Å². The van der Waals surface area contributed by atoms with Gasteiger partial charge in [-0.3, -0.25) is 0 Å². The van der Waals surface area contributed by atoms with Gasteiger partial charge in [0.2, 0.25) is 0 Å². The van der Waals surface area contributed by atoms with Crippen LogP contribution >= 0.6 is 8.51 Å². The van der Waals surface area contributed by atoms with E-state index in [1.54, 1.807) is 0 Å². The summed E-state index contributed by atoms with van der Waals surface area (Å²) in [6.45, 7) is 0. The van der Waals surface area contributed by atoms with E-state index in [0.29, 0.717) is 0 Å². The van der Waals surface area contributed by atoms with E-state index < -0.39 is 19.5 Å². The van der Waals surface area contributed by atoms with Crippen LogP contribution in [0.15, 0.2) is 73.3 Å². The number of benzene rings is 1. The Morgan fingerprint density at radius 3 is 1.95 bits per heavy atom. The molecule has 96 valence electrons. The number of hydrogen-bond acceptors (Lipinski definition) is 1. The van der Waals surface area contributed by atoms with Crippen LogP contribution in [0.25, 0.3) is 0 Å². The van der Waals surface area contributed by atoms with Crippen LogP contribution in [0.3, 0.4) is 0 Å². The predicted molar refractivity (Wildman–Crippen MR) is 76.6 cm³/mol. The Labute approximate surface area is 122 Å². The van der Waals surface area contributed by atoms with Crippen LogP contribution in [0.1, 0.15) is 12.8 Å². The van der Waals surface area contributed by atoms with Gasteiger partial charge < -0.3 is 0 Å². The van der Waals surface area contributed by atoms with E-state index in [-0.39, 0.29) is 0 Å². The molecule has 0 amide bonds. The van der Waals surface area contributed by atoms with Gasteiger partial charge in [-0.2, -0.15) is 0 Å². The average Bonchev–Trinajstić information content (AvgIpc) is 3.14. The van der Waals surface area contributed by atoms with Crippen LogP contribution in [-0.2, 0) is 19.5 Å². The van der Waals surface area contributed by atoms with E-state index >= 15 is 0 Å². The van der Waals surface area contributed by atoms with Crippen molar-refractivity contribution in [2.45, 2.75) is 12.8 Å². The fourth-order valence-electron chi connectivity index (χ4n) is 2.36. The maximum absolute atomic E-state index is 7.06. The summed E-state index contributed by atoms with van der Waals surface area (Å²) in [6, 6.07) is 9.94. The fourth-order valence-corrected chi connectivity index (χ4v) is 10.7. The number of hydrogen-bond donors (Lipinski definition) is 0. The first kappa shape index (κ1) is 13.2. The Balaban J connectivity index is 1.92. The summed E-state index contributed by atoms with van der Waals surface area (Å²) in [7, 11) is 7.06. The number of allylic oxidation sites excluding steroid dienone is 8. The number of halogens is 1. The quantitative estimate of drug-likeness (QED) is 0.745. The van der Waals surface area contributed by atoms with Gasteiger partial charge in [0, 0.05) is 0 Å². The van der Waals surface area contributed by atoms with Crippen molar-refractivity contribution in [3.8, 4) is 5.75 Å². The molecule has 0 saturated carbocycles. The summed E-state index contributed by atoms with van der Waals surface area (Å²) < 4.78 is 8.93. The standard InChI is InChI=1S/C6H6O.2C5H5.ClH.Zr/c7-6-4-2-1-3-5-6;2*1-2-4-5-3-1;;/h1-5,7H;2*1-3H,4H2;1H;/q;;;;+2/p-2. The molecule has 0 atom stereocenters. The minimum atomic E-state index is -3.42. The van der Waals surface area contributed by atoms with Gasteiger partial charge in [-0.05, 0) is 0 Å². The normalized spacial score (nSPS) is 17.5. The molecule has 0 unspecified atom stereocenters. The van der Waals surface area contributed by atoms with E-state index in [9.17, 15) is 0 Å². The monoisotopic (exact) mass is 348 g/mol. The van der Waals surface area contributed by atoms with Crippen molar-refractivity contribution in [3.63, 3.8) is 0 Å². The van der Waals surface area contributed by atoms with Crippen molar-refractivity contribution in [2.24, 2.45) is 0 Å². The van der Waals surface area contributed by atoms with Crippen LogP contribution < -0.4 is 2.81 Å². The Kier molecular flexibility index (Phi) is 3.91. The molecular formula is C16H15ClOZr. The topological polar surface area (TPSA) is 9.23 Å². The summed E-state index contributed by atoms with van der Waals surface area (Å²) in [6.07, 6.45) is 14.6. The Hall–Kier alpha value is -0.847. The second-order valence-electron chi connectivity index (χ2n) is 4.66. The van der Waals surface area contributed by atoms with Gasteiger partial charge in [-0.15, -0.1) is 0 Å². The average molecular weight is 350 g/mol. The molecule has 1 aromatic carbocycles. The molecule has 3 rings (SSSR count). The van der Waals surface area contributed by atoms with E-state index in [1.807, 2.05) is 30.3 Å². The first-order valence-corrected chi connectivity index (χ1v) is 13.1. The molecule has 0 fully saturated rings. The molecule has 19 heavy (non-hydrogen) atoms. The molecule has 1 aromatic rings. The van der Waals surface area contributed by atoms with Crippen LogP contribution in [0.2, 0.25) is 0 Å². The van der Waals surface area contributed by atoms with E-state index in [0.717, 1.165) is 18.6 Å². The fraction of sp³-hybridized carbons (Fsp3) is 0.125. The SMILES string of the molecule is [Cl][Zr]([O]c1ccccc1)([C]1=CC=CC1)[C]1=CC=CC1. The second kappa shape index (κ2) is 5.65. The number of rotatable bonds is 4. The van der Waals surface area contributed by atoms with Crippen LogP contribution in [0.5, 0.6) is 5.75 Å². The number of para-hydroxylation sites is 1. The van der Waals surface area contributed by atoms with Crippen molar-refractivity contribution in [1.29, 1.82) is 0 Å². The van der Waals surface area contributed by atoms with Gasteiger partial charge in [0.25, 0.3) is 0 Å². The minimum absolute atomic E-state index is 0.883. The Morgan fingerprint density at radius 2 is 1.47 bits per heavy atom. The third-order valence-electron chi connectivity index (χ3n) is 3.37. The molecule has 0 bridgehead atoms. The summed E-state index contributed by atoms with van der Waals surface area (Å²) in [4.78, 5) is 0. The third-order valence-corrected chi connectivity index (χ3v) is 13.9. The zero-order valence-electron chi connectivity index (χ0n) is 10.6. The molecule has 3 heteroatoms. The van der Waals surface area contributed by atoms with E-state index in [4.69, 9.17) is 11.3 Å². The van der Waals surface area contributed by atoms with Gasteiger partial charge >= 0.3 is 123 Å². The molecule has 0 spiro atoms. The van der Waals surface area contributed by atoms with Crippen LogP contribution in [-0.4, -0.2) is 0 Å². The summed E-state index contributed by atoms with van der Waals surface area (Å²) in [5.74, 6) is 0.883. The van der Waals surface area contributed by atoms with Gasteiger partial charge in [-0.25, -0.2) is 0 Å². The second-order valence-corrected chi connectivity index (χ2v) is 14.4. The van der Waals surface area contributed by atoms with Gasteiger partial charge in [0.15, 0.2) is 0 Å². The third kappa shape index (κ3) is 2.71. The van der Waals surface area contributed by atoms with Crippen molar-refractivity contribution in [1.82, 2.24) is 0 Å². The maximum atomic E-state index is 7.06. The Bertz CT molecular complexity index is 554. The van der Waals surface area contributed by atoms with Gasteiger partial charge in [0.05, 0.1) is 0 Å². The first-order valence-electron chi connectivity index (χ1n) is 6.44. The molecule has 0 aliphatic heterocycles.